The van der Waals surface area contributed by atoms with Crippen LogP contribution in [0.25, 0.3) is 22.3 Å². The molecule has 0 bridgehead atoms. The number of phenols is 1. The molecule has 3 aromatic rings. The number of fused-ring (bicyclic) bond motifs is 1. The molecule has 22 heavy (non-hydrogen) atoms. The number of ether oxygens (including phenoxy) is 1. The molecule has 0 saturated carbocycles. The Balaban J connectivity index is 2.39. The van der Waals surface area contributed by atoms with E-state index in [1.165, 1.54) is 7.11 Å². The Morgan fingerprint density at radius 1 is 1.18 bits per heavy atom. The average Bonchev–Trinajstić information content (AvgIpc) is 2.53. The van der Waals surface area contributed by atoms with Gasteiger partial charge in [-0.1, -0.05) is 29.8 Å². The van der Waals surface area contributed by atoms with Gasteiger partial charge in [-0.15, -0.1) is 0 Å². The van der Waals surface area contributed by atoms with Crippen molar-refractivity contribution < 1.29 is 14.3 Å². The van der Waals surface area contributed by atoms with Gasteiger partial charge in [-0.3, -0.25) is 4.79 Å². The third kappa shape index (κ3) is 2.12. The minimum absolute atomic E-state index is 0.00752. The highest BCUT2D eigenvalue weighted by Gasteiger charge is 2.20. The summed E-state index contributed by atoms with van der Waals surface area (Å²) in [5.41, 5.74) is 1.19. The van der Waals surface area contributed by atoms with Crippen molar-refractivity contribution in [3.8, 4) is 22.8 Å². The number of phenolic OH excluding ortho intramolecular Hbond substituents is 1. The molecule has 0 atom stereocenters. The maximum Gasteiger partial charge on any atom is 0.211 e. The number of benzene rings is 2. The van der Waals surface area contributed by atoms with Crippen LogP contribution in [0.5, 0.6) is 11.5 Å². The quantitative estimate of drug-likeness (QED) is 0.772. The van der Waals surface area contributed by atoms with E-state index >= 15 is 0 Å². The van der Waals surface area contributed by atoms with Crippen LogP contribution in [0.1, 0.15) is 5.56 Å². The lowest BCUT2D eigenvalue weighted by molar-refractivity contribution is 0.372. The lowest BCUT2D eigenvalue weighted by atomic mass is 10.1. The first kappa shape index (κ1) is 14.5. The molecule has 0 aliphatic carbocycles. The summed E-state index contributed by atoms with van der Waals surface area (Å²) < 4.78 is 11.0. The second-order valence-electron chi connectivity index (χ2n) is 4.88. The molecule has 0 amide bonds. The van der Waals surface area contributed by atoms with Gasteiger partial charge in [0.25, 0.3) is 0 Å². The highest BCUT2D eigenvalue weighted by Crippen LogP contribution is 2.41. The van der Waals surface area contributed by atoms with Crippen molar-refractivity contribution in [3.05, 3.63) is 57.2 Å². The Labute approximate surface area is 131 Å². The fourth-order valence-electron chi connectivity index (χ4n) is 2.35. The lowest BCUT2D eigenvalue weighted by Crippen LogP contribution is -2.04. The lowest BCUT2D eigenvalue weighted by Gasteiger charge is -2.12. The zero-order valence-corrected chi connectivity index (χ0v) is 12.8. The van der Waals surface area contributed by atoms with Gasteiger partial charge in [0, 0.05) is 0 Å². The van der Waals surface area contributed by atoms with E-state index < -0.39 is 0 Å². The van der Waals surface area contributed by atoms with Crippen LogP contribution in [0.2, 0.25) is 5.02 Å². The van der Waals surface area contributed by atoms with Crippen molar-refractivity contribution >= 4 is 22.6 Å². The third-order valence-corrected chi connectivity index (χ3v) is 3.87. The van der Waals surface area contributed by atoms with Crippen LogP contribution in [-0.4, -0.2) is 12.2 Å². The molecule has 112 valence electrons. The Bertz CT molecular complexity index is 928. The smallest absolute Gasteiger partial charge is 0.211 e. The first-order valence-electron chi connectivity index (χ1n) is 6.63. The molecule has 1 N–H and O–H groups in total. The Kier molecular flexibility index (Phi) is 3.54. The van der Waals surface area contributed by atoms with E-state index in [1.54, 1.807) is 43.3 Å². The zero-order chi connectivity index (χ0) is 15.9. The van der Waals surface area contributed by atoms with Gasteiger partial charge in [0.15, 0.2) is 17.3 Å². The molecule has 1 heterocycles. The molecule has 0 aliphatic heterocycles. The number of para-hydroxylation sites is 1. The number of halogens is 1. The minimum Gasteiger partial charge on any atom is -0.504 e. The van der Waals surface area contributed by atoms with Crippen LogP contribution < -0.4 is 10.2 Å². The number of rotatable bonds is 2. The molecule has 0 spiro atoms. The van der Waals surface area contributed by atoms with E-state index in [1.807, 2.05) is 0 Å². The van der Waals surface area contributed by atoms with E-state index in [4.69, 9.17) is 20.8 Å². The molecule has 0 saturated heterocycles. The fraction of sp³-hybridized carbons (Fsp3) is 0.118. The SMILES string of the molecule is COc1c(-c2oc3ccccc3c(=O)c2Cl)ccc(C)c1O. The van der Waals surface area contributed by atoms with Crippen molar-refractivity contribution in [3.63, 3.8) is 0 Å². The minimum atomic E-state index is -0.319. The summed E-state index contributed by atoms with van der Waals surface area (Å²) in [6, 6.07) is 10.3. The Morgan fingerprint density at radius 2 is 1.91 bits per heavy atom. The van der Waals surface area contributed by atoms with Gasteiger partial charge in [-0.05, 0) is 30.7 Å². The van der Waals surface area contributed by atoms with Crippen LogP contribution in [0.3, 0.4) is 0 Å². The first-order valence-corrected chi connectivity index (χ1v) is 7.00. The topological polar surface area (TPSA) is 59.7 Å². The Hall–Kier alpha value is -2.46. The van der Waals surface area contributed by atoms with Gasteiger partial charge in [-0.2, -0.15) is 0 Å². The molecule has 0 unspecified atom stereocenters. The van der Waals surface area contributed by atoms with Crippen LogP contribution in [0.15, 0.2) is 45.6 Å². The standard InChI is InChI=1S/C17H13ClO4/c1-9-7-8-11(17(21-2)14(9)19)16-13(18)15(20)10-5-3-4-6-12(10)22-16/h3-8,19H,1-2H3. The summed E-state index contributed by atoms with van der Waals surface area (Å²) in [5.74, 6) is 0.393. The second kappa shape index (κ2) is 5.39. The highest BCUT2D eigenvalue weighted by atomic mass is 35.5. The predicted octanol–water partition coefficient (Wildman–Crippen LogP) is 4.14. The molecular weight excluding hydrogens is 304 g/mol. The molecule has 0 fully saturated rings. The summed E-state index contributed by atoms with van der Waals surface area (Å²) in [6.45, 7) is 1.75. The molecule has 5 heteroatoms. The molecule has 0 aliphatic rings. The van der Waals surface area contributed by atoms with Gasteiger partial charge in [0.2, 0.25) is 5.43 Å². The molecule has 2 aromatic carbocycles. The van der Waals surface area contributed by atoms with E-state index in [0.717, 1.165) is 0 Å². The van der Waals surface area contributed by atoms with E-state index in [-0.39, 0.29) is 27.7 Å². The maximum atomic E-state index is 12.4. The molecule has 1 aromatic heterocycles. The second-order valence-corrected chi connectivity index (χ2v) is 5.26. The zero-order valence-electron chi connectivity index (χ0n) is 12.0. The number of aromatic hydroxyl groups is 1. The van der Waals surface area contributed by atoms with Gasteiger partial charge in [0.1, 0.15) is 10.6 Å². The summed E-state index contributed by atoms with van der Waals surface area (Å²) >= 11 is 6.18. The van der Waals surface area contributed by atoms with Gasteiger partial charge >= 0.3 is 0 Å². The molecule has 4 nitrogen and oxygen atoms in total. The summed E-state index contributed by atoms with van der Waals surface area (Å²) in [6.07, 6.45) is 0. The van der Waals surface area contributed by atoms with E-state index in [0.29, 0.717) is 22.1 Å². The van der Waals surface area contributed by atoms with E-state index in [2.05, 4.69) is 0 Å². The summed E-state index contributed by atoms with van der Waals surface area (Å²) in [4.78, 5) is 12.4. The summed E-state index contributed by atoms with van der Waals surface area (Å²) in [7, 11) is 1.44. The van der Waals surface area contributed by atoms with Crippen LogP contribution in [0, 0.1) is 6.92 Å². The van der Waals surface area contributed by atoms with Crippen molar-refractivity contribution in [2.24, 2.45) is 0 Å². The van der Waals surface area contributed by atoms with Crippen LogP contribution in [0.4, 0.5) is 0 Å². The largest absolute Gasteiger partial charge is 0.504 e. The fourth-order valence-corrected chi connectivity index (χ4v) is 2.59. The first-order chi connectivity index (χ1) is 10.5. The molecule has 0 radical (unpaired) electrons. The van der Waals surface area contributed by atoms with Crippen molar-refractivity contribution in [2.45, 2.75) is 6.92 Å². The van der Waals surface area contributed by atoms with E-state index in [9.17, 15) is 9.90 Å². The van der Waals surface area contributed by atoms with Crippen molar-refractivity contribution in [1.82, 2.24) is 0 Å². The number of methoxy groups -OCH3 is 1. The van der Waals surface area contributed by atoms with Crippen LogP contribution in [-0.2, 0) is 0 Å². The monoisotopic (exact) mass is 316 g/mol. The average molecular weight is 317 g/mol. The van der Waals surface area contributed by atoms with Gasteiger partial charge in [-0.25, -0.2) is 0 Å². The Morgan fingerprint density at radius 3 is 2.64 bits per heavy atom. The number of hydrogen-bond acceptors (Lipinski definition) is 4. The molecule has 3 rings (SSSR count). The number of hydrogen-bond donors (Lipinski definition) is 1. The highest BCUT2D eigenvalue weighted by molar-refractivity contribution is 6.33. The maximum absolute atomic E-state index is 12.4. The van der Waals surface area contributed by atoms with Crippen LogP contribution >= 0.6 is 11.6 Å². The van der Waals surface area contributed by atoms with Gasteiger partial charge < -0.3 is 14.3 Å². The van der Waals surface area contributed by atoms with Crippen molar-refractivity contribution in [1.29, 1.82) is 0 Å². The predicted molar refractivity (Wildman–Crippen MR) is 85.9 cm³/mol. The number of aryl methyl sites for hydroxylation is 1. The summed E-state index contributed by atoms with van der Waals surface area (Å²) in [5, 5.41) is 10.5. The van der Waals surface area contributed by atoms with Gasteiger partial charge in [0.05, 0.1) is 18.1 Å². The van der Waals surface area contributed by atoms with Crippen molar-refractivity contribution in [2.75, 3.05) is 7.11 Å². The third-order valence-electron chi connectivity index (χ3n) is 3.52. The molecular formula is C17H13ClO4. The normalized spacial score (nSPS) is 10.9.